The number of quaternary nitrogens is 1. The number of phenolic OH excluding ortho intramolecular Hbond substituents is 1. The Labute approximate surface area is 182 Å². The van der Waals surface area contributed by atoms with Crippen LogP contribution in [-0.4, -0.2) is 56.0 Å². The van der Waals surface area contributed by atoms with Crippen LogP contribution in [0.4, 0.5) is 0 Å². The average molecular weight is 424 g/mol. The van der Waals surface area contributed by atoms with Crippen molar-refractivity contribution in [2.75, 3.05) is 34.3 Å². The van der Waals surface area contributed by atoms with Crippen molar-refractivity contribution in [2.24, 2.45) is 0 Å². The van der Waals surface area contributed by atoms with E-state index in [1.807, 2.05) is 14.1 Å². The molecule has 31 heavy (non-hydrogen) atoms. The van der Waals surface area contributed by atoms with Crippen molar-refractivity contribution in [1.82, 2.24) is 4.90 Å². The summed E-state index contributed by atoms with van der Waals surface area (Å²) in [5, 5.41) is 23.1. The van der Waals surface area contributed by atoms with Gasteiger partial charge in [0.1, 0.15) is 11.5 Å². The first-order valence-electron chi connectivity index (χ1n) is 10.2. The fraction of sp³-hybridized carbons (Fsp3) is 0.333. The Morgan fingerprint density at radius 3 is 2.42 bits per heavy atom. The van der Waals surface area contributed by atoms with Crippen LogP contribution in [0.5, 0.6) is 11.5 Å². The van der Waals surface area contributed by atoms with Crippen LogP contribution in [0.25, 0.3) is 5.76 Å². The zero-order valence-electron chi connectivity index (χ0n) is 18.3. The molecule has 2 aromatic carbocycles. The number of carbonyl (C=O) groups is 2. The Hall–Kier alpha value is -3.32. The predicted molar refractivity (Wildman–Crippen MR) is 115 cm³/mol. The van der Waals surface area contributed by atoms with Crippen LogP contribution in [0, 0.1) is 6.92 Å². The maximum Gasteiger partial charge on any atom is 0.295 e. The number of hydrogen-bond acceptors (Lipinski definition) is 5. The number of ether oxygens (including phenoxy) is 1. The molecule has 2 N–H and O–H groups in total. The quantitative estimate of drug-likeness (QED) is 0.383. The molecule has 0 bridgehead atoms. The van der Waals surface area contributed by atoms with Crippen molar-refractivity contribution in [3.05, 3.63) is 64.7 Å². The van der Waals surface area contributed by atoms with Crippen molar-refractivity contribution in [3.8, 4) is 11.5 Å². The first-order valence-corrected chi connectivity index (χ1v) is 10.2. The second-order valence-corrected chi connectivity index (χ2v) is 8.06. The lowest BCUT2D eigenvalue weighted by Crippen LogP contribution is -3.05. The van der Waals surface area contributed by atoms with Crippen molar-refractivity contribution in [1.29, 1.82) is 0 Å². The largest absolute Gasteiger partial charge is 0.872 e. The molecular formula is C24H28N2O5. The molecule has 0 aliphatic carbocycles. The molecule has 0 aromatic heterocycles. The summed E-state index contributed by atoms with van der Waals surface area (Å²) in [4.78, 5) is 28.6. The van der Waals surface area contributed by atoms with Crippen LogP contribution in [0.3, 0.4) is 0 Å². The van der Waals surface area contributed by atoms with Crippen LogP contribution in [0.1, 0.15) is 29.2 Å². The summed E-state index contributed by atoms with van der Waals surface area (Å²) in [6.45, 7) is 2.95. The van der Waals surface area contributed by atoms with E-state index < -0.39 is 23.5 Å². The molecule has 2 aromatic rings. The topological polar surface area (TPSA) is 94.3 Å². The van der Waals surface area contributed by atoms with Gasteiger partial charge in [0.05, 0.1) is 33.8 Å². The highest BCUT2D eigenvalue weighted by Crippen LogP contribution is 2.39. The molecule has 1 saturated heterocycles. The number of nitrogens with zero attached hydrogens (tertiary/aromatic N) is 1. The summed E-state index contributed by atoms with van der Waals surface area (Å²) in [7, 11) is 5.57. The SMILES string of the molecule is COc1ccc(/C([O-])=C2\C(=O)C(=O)N(CCC[NH+](C)C)C2c2ccc(O)cc2)c(C)c1. The van der Waals surface area contributed by atoms with E-state index in [4.69, 9.17) is 4.74 Å². The Morgan fingerprint density at radius 1 is 1.16 bits per heavy atom. The van der Waals surface area contributed by atoms with Crippen molar-refractivity contribution < 1.29 is 29.4 Å². The minimum absolute atomic E-state index is 0.0545. The van der Waals surface area contributed by atoms with Gasteiger partial charge in [-0.1, -0.05) is 24.0 Å². The molecule has 1 heterocycles. The molecular weight excluding hydrogens is 396 g/mol. The summed E-state index contributed by atoms with van der Waals surface area (Å²) >= 11 is 0. The van der Waals surface area contributed by atoms with Crippen molar-refractivity contribution >= 4 is 17.4 Å². The number of ketones is 1. The first kappa shape index (κ1) is 22.4. The van der Waals surface area contributed by atoms with Gasteiger partial charge >= 0.3 is 0 Å². The fourth-order valence-electron chi connectivity index (χ4n) is 3.87. The molecule has 1 amide bonds. The van der Waals surface area contributed by atoms with Crippen molar-refractivity contribution in [2.45, 2.75) is 19.4 Å². The van der Waals surface area contributed by atoms with Gasteiger partial charge in [-0.2, -0.15) is 0 Å². The summed E-state index contributed by atoms with van der Waals surface area (Å²) < 4.78 is 5.20. The molecule has 1 fully saturated rings. The zero-order chi connectivity index (χ0) is 22.7. The summed E-state index contributed by atoms with van der Waals surface area (Å²) in [5.41, 5.74) is 1.58. The molecule has 1 aliphatic rings. The number of Topliss-reactive ketones (excluding diaryl/α,β-unsaturated/α-hetero) is 1. The van der Waals surface area contributed by atoms with Gasteiger partial charge in [-0.25, -0.2) is 0 Å². The molecule has 1 unspecified atom stereocenters. The van der Waals surface area contributed by atoms with Gasteiger partial charge in [0.25, 0.3) is 5.91 Å². The summed E-state index contributed by atoms with van der Waals surface area (Å²) in [5.74, 6) is -1.22. The number of phenols is 1. The standard InChI is InChI=1S/C24H28N2O5/c1-15-14-18(31-4)10-11-19(15)22(28)20-21(16-6-8-17(27)9-7-16)26(24(30)23(20)29)13-5-12-25(2)3/h6-11,14,21,27-28H,5,12-13H2,1-4H3/b22-20+. The van der Waals surface area contributed by atoms with Gasteiger partial charge in [0.15, 0.2) is 0 Å². The number of amides is 1. The van der Waals surface area contributed by atoms with Crippen LogP contribution in [-0.2, 0) is 9.59 Å². The molecule has 0 saturated carbocycles. The number of rotatable bonds is 7. The fourth-order valence-corrected chi connectivity index (χ4v) is 3.87. The Bertz CT molecular complexity index is 1010. The van der Waals surface area contributed by atoms with Gasteiger partial charge in [-0.05, 0) is 47.9 Å². The van der Waals surface area contributed by atoms with Crippen LogP contribution >= 0.6 is 0 Å². The third-order valence-corrected chi connectivity index (χ3v) is 5.49. The highest BCUT2D eigenvalue weighted by molar-refractivity contribution is 6.46. The molecule has 164 valence electrons. The monoisotopic (exact) mass is 424 g/mol. The number of nitrogens with one attached hydrogen (secondary N) is 1. The lowest BCUT2D eigenvalue weighted by Gasteiger charge is -2.28. The molecule has 0 spiro atoms. The normalized spacial score (nSPS) is 18.1. The molecule has 3 rings (SSSR count). The van der Waals surface area contributed by atoms with E-state index in [1.54, 1.807) is 44.4 Å². The molecule has 7 nitrogen and oxygen atoms in total. The smallest absolute Gasteiger partial charge is 0.295 e. The number of aromatic hydroxyl groups is 1. The molecule has 1 aliphatic heterocycles. The molecule has 1 atom stereocenters. The van der Waals surface area contributed by atoms with Crippen molar-refractivity contribution in [3.63, 3.8) is 0 Å². The van der Waals surface area contributed by atoms with E-state index in [0.717, 1.165) is 6.54 Å². The maximum atomic E-state index is 13.5. The minimum Gasteiger partial charge on any atom is -0.872 e. The van der Waals surface area contributed by atoms with Gasteiger partial charge in [-0.15, -0.1) is 0 Å². The van der Waals surface area contributed by atoms with Crippen LogP contribution in [0.2, 0.25) is 0 Å². The third-order valence-electron chi connectivity index (χ3n) is 5.49. The van der Waals surface area contributed by atoms with E-state index in [-0.39, 0.29) is 11.3 Å². The van der Waals surface area contributed by atoms with Crippen LogP contribution < -0.4 is 14.7 Å². The van der Waals surface area contributed by atoms with E-state index in [9.17, 15) is 19.8 Å². The minimum atomic E-state index is -0.785. The lowest BCUT2D eigenvalue weighted by atomic mass is 9.94. The third kappa shape index (κ3) is 4.56. The highest BCUT2D eigenvalue weighted by atomic mass is 16.5. The van der Waals surface area contributed by atoms with E-state index in [0.29, 0.717) is 35.4 Å². The predicted octanol–water partition coefficient (Wildman–Crippen LogP) is 0.468. The Morgan fingerprint density at radius 2 is 1.84 bits per heavy atom. The summed E-state index contributed by atoms with van der Waals surface area (Å²) in [6.07, 6.45) is 0.693. The van der Waals surface area contributed by atoms with Gasteiger partial charge in [-0.3, -0.25) is 9.59 Å². The number of aryl methyl sites for hydroxylation is 1. The van der Waals surface area contributed by atoms with E-state index >= 15 is 0 Å². The summed E-state index contributed by atoms with van der Waals surface area (Å²) in [6, 6.07) is 10.5. The van der Waals surface area contributed by atoms with Gasteiger partial charge in [0, 0.05) is 18.5 Å². The number of benzene rings is 2. The second kappa shape index (κ2) is 9.22. The number of hydrogen-bond donors (Lipinski definition) is 2. The maximum absolute atomic E-state index is 13.5. The van der Waals surface area contributed by atoms with Gasteiger partial charge in [0.2, 0.25) is 5.78 Å². The Kier molecular flexibility index (Phi) is 6.65. The first-order chi connectivity index (χ1) is 14.7. The molecule has 0 radical (unpaired) electrons. The van der Waals surface area contributed by atoms with E-state index in [1.165, 1.54) is 21.9 Å². The zero-order valence-corrected chi connectivity index (χ0v) is 18.3. The van der Waals surface area contributed by atoms with Gasteiger partial charge < -0.3 is 24.7 Å². The lowest BCUT2D eigenvalue weighted by molar-refractivity contribution is -0.858. The molecule has 7 heteroatoms. The number of carbonyl (C=O) groups excluding carboxylic acids is 2. The Balaban J connectivity index is 2.11. The number of methoxy groups -OCH3 is 1. The second-order valence-electron chi connectivity index (χ2n) is 8.06. The van der Waals surface area contributed by atoms with Crippen LogP contribution in [0.15, 0.2) is 48.0 Å². The number of likely N-dealkylation sites (tertiary alicyclic amines) is 1. The van der Waals surface area contributed by atoms with E-state index in [2.05, 4.69) is 0 Å². The highest BCUT2D eigenvalue weighted by Gasteiger charge is 2.44. The average Bonchev–Trinajstić information content (AvgIpc) is 2.98.